The highest BCUT2D eigenvalue weighted by atomic mass is 16.2. The number of nitrogens with two attached hydrogens (primary N) is 1. The molecule has 5 nitrogen and oxygen atoms in total. The summed E-state index contributed by atoms with van der Waals surface area (Å²) in [6.07, 6.45) is 0. The number of hydrogen-bond donors (Lipinski definition) is 1. The zero-order chi connectivity index (χ0) is 15.0. The molecular weight excluding hydrogens is 266 g/mol. The SMILES string of the molecule is Cc1ccccc1C(=O)N(N)C1=c2ccccc2=NC1=O. The second kappa shape index (κ2) is 4.96. The number of carbonyl (C=O) groups is 2. The molecule has 5 heteroatoms. The number of hydrogen-bond acceptors (Lipinski definition) is 3. The molecular formula is C16H13N3O2. The van der Waals surface area contributed by atoms with E-state index in [2.05, 4.69) is 4.99 Å². The van der Waals surface area contributed by atoms with Gasteiger partial charge >= 0.3 is 0 Å². The van der Waals surface area contributed by atoms with Gasteiger partial charge < -0.3 is 0 Å². The predicted molar refractivity (Wildman–Crippen MR) is 77.2 cm³/mol. The van der Waals surface area contributed by atoms with Gasteiger partial charge in [-0.15, -0.1) is 0 Å². The summed E-state index contributed by atoms with van der Waals surface area (Å²) in [4.78, 5) is 28.4. The van der Waals surface area contributed by atoms with Crippen LogP contribution in [-0.2, 0) is 4.79 Å². The Balaban J connectivity index is 2.11. The molecule has 104 valence electrons. The fourth-order valence-electron chi connectivity index (χ4n) is 2.33. The molecule has 0 saturated heterocycles. The van der Waals surface area contributed by atoms with E-state index in [0.29, 0.717) is 16.1 Å². The van der Waals surface area contributed by atoms with Crippen molar-refractivity contribution < 1.29 is 9.59 Å². The summed E-state index contributed by atoms with van der Waals surface area (Å²) in [5.74, 6) is 4.97. The van der Waals surface area contributed by atoms with Crippen LogP contribution in [0.2, 0.25) is 0 Å². The monoisotopic (exact) mass is 279 g/mol. The number of hydrazine groups is 1. The van der Waals surface area contributed by atoms with Crippen LogP contribution in [0.15, 0.2) is 53.5 Å². The first kappa shape index (κ1) is 13.2. The van der Waals surface area contributed by atoms with Crippen molar-refractivity contribution in [2.24, 2.45) is 10.8 Å². The number of rotatable bonds is 2. The van der Waals surface area contributed by atoms with E-state index >= 15 is 0 Å². The molecule has 0 spiro atoms. The molecule has 2 aromatic rings. The van der Waals surface area contributed by atoms with Gasteiger partial charge in [-0.05, 0) is 24.6 Å². The van der Waals surface area contributed by atoms with Crippen LogP contribution in [0.5, 0.6) is 0 Å². The molecule has 1 aliphatic rings. The molecule has 0 aromatic heterocycles. The summed E-state index contributed by atoms with van der Waals surface area (Å²) in [7, 11) is 0. The zero-order valence-electron chi connectivity index (χ0n) is 11.4. The number of carbonyl (C=O) groups excluding carboxylic acids is 2. The van der Waals surface area contributed by atoms with Crippen LogP contribution in [0.25, 0.3) is 5.70 Å². The average Bonchev–Trinajstić information content (AvgIpc) is 2.82. The van der Waals surface area contributed by atoms with Gasteiger partial charge in [0.05, 0.1) is 5.36 Å². The minimum Gasteiger partial charge on any atom is -0.267 e. The molecule has 0 atom stereocenters. The lowest BCUT2D eigenvalue weighted by Gasteiger charge is -2.17. The van der Waals surface area contributed by atoms with Gasteiger partial charge in [-0.1, -0.05) is 36.4 Å². The van der Waals surface area contributed by atoms with E-state index in [4.69, 9.17) is 5.84 Å². The second-order valence-corrected chi connectivity index (χ2v) is 4.77. The number of fused-ring (bicyclic) bond motifs is 1. The number of amides is 2. The molecule has 0 saturated carbocycles. The van der Waals surface area contributed by atoms with Crippen molar-refractivity contribution in [3.8, 4) is 0 Å². The predicted octanol–water partition coefficient (Wildman–Crippen LogP) is 0.279. The minimum absolute atomic E-state index is 0.110. The van der Waals surface area contributed by atoms with E-state index in [1.807, 2.05) is 19.1 Å². The Labute approximate surface area is 121 Å². The lowest BCUT2D eigenvalue weighted by Crippen LogP contribution is -2.41. The topological polar surface area (TPSA) is 75.8 Å². The highest BCUT2D eigenvalue weighted by Gasteiger charge is 2.26. The first-order valence-corrected chi connectivity index (χ1v) is 6.47. The van der Waals surface area contributed by atoms with Gasteiger partial charge in [-0.3, -0.25) is 9.59 Å². The van der Waals surface area contributed by atoms with Crippen molar-refractivity contribution in [2.45, 2.75) is 6.92 Å². The molecule has 0 unspecified atom stereocenters. The van der Waals surface area contributed by atoms with Crippen LogP contribution in [-0.4, -0.2) is 16.8 Å². The zero-order valence-corrected chi connectivity index (χ0v) is 11.4. The number of nitrogens with zero attached hydrogens (tertiary/aromatic N) is 2. The van der Waals surface area contributed by atoms with Crippen LogP contribution in [0.3, 0.4) is 0 Å². The maximum atomic E-state index is 12.5. The fraction of sp³-hybridized carbons (Fsp3) is 0.0625. The van der Waals surface area contributed by atoms with Crippen LogP contribution in [0.1, 0.15) is 15.9 Å². The lowest BCUT2D eigenvalue weighted by atomic mass is 10.1. The van der Waals surface area contributed by atoms with Crippen LogP contribution in [0, 0.1) is 6.92 Å². The van der Waals surface area contributed by atoms with Crippen molar-refractivity contribution in [3.63, 3.8) is 0 Å². The van der Waals surface area contributed by atoms with E-state index in [1.165, 1.54) is 0 Å². The quantitative estimate of drug-likeness (QED) is 0.487. The summed E-state index contributed by atoms with van der Waals surface area (Å²) < 4.78 is 0. The average molecular weight is 279 g/mol. The van der Waals surface area contributed by atoms with E-state index in [1.54, 1.807) is 36.4 Å². The molecule has 21 heavy (non-hydrogen) atoms. The summed E-state index contributed by atoms with van der Waals surface area (Å²) in [6.45, 7) is 1.82. The van der Waals surface area contributed by atoms with Crippen LogP contribution >= 0.6 is 0 Å². The van der Waals surface area contributed by atoms with Gasteiger partial charge in [-0.2, -0.15) is 0 Å². The molecule has 1 aliphatic heterocycles. The third-order valence-corrected chi connectivity index (χ3v) is 3.42. The van der Waals surface area contributed by atoms with E-state index in [-0.39, 0.29) is 5.70 Å². The Morgan fingerprint density at radius 3 is 2.52 bits per heavy atom. The van der Waals surface area contributed by atoms with E-state index < -0.39 is 11.8 Å². The van der Waals surface area contributed by atoms with Gasteiger partial charge in [0.25, 0.3) is 11.8 Å². The summed E-state index contributed by atoms with van der Waals surface area (Å²) >= 11 is 0. The third-order valence-electron chi connectivity index (χ3n) is 3.42. The van der Waals surface area contributed by atoms with Crippen LogP contribution in [0.4, 0.5) is 0 Å². The normalized spacial score (nSPS) is 12.9. The first-order chi connectivity index (χ1) is 10.1. The number of benzene rings is 2. The van der Waals surface area contributed by atoms with Gasteiger partial charge in [0.2, 0.25) is 0 Å². The summed E-state index contributed by atoms with van der Waals surface area (Å²) in [5.41, 5.74) is 1.37. The van der Waals surface area contributed by atoms with E-state index in [9.17, 15) is 9.59 Å². The van der Waals surface area contributed by atoms with Crippen molar-refractivity contribution in [3.05, 3.63) is 70.2 Å². The Bertz CT molecular complexity index is 871. The molecule has 0 aliphatic carbocycles. The molecule has 0 fully saturated rings. The maximum absolute atomic E-state index is 12.5. The van der Waals surface area contributed by atoms with E-state index in [0.717, 1.165) is 10.6 Å². The molecule has 2 amide bonds. The van der Waals surface area contributed by atoms with Crippen molar-refractivity contribution in [2.75, 3.05) is 0 Å². The Kier molecular flexibility index (Phi) is 3.12. The molecule has 1 heterocycles. The Hall–Kier alpha value is -2.79. The van der Waals surface area contributed by atoms with Gasteiger partial charge in [-0.25, -0.2) is 15.8 Å². The fourth-order valence-corrected chi connectivity index (χ4v) is 2.33. The smallest absolute Gasteiger partial charge is 0.267 e. The lowest BCUT2D eigenvalue weighted by molar-refractivity contribution is -0.113. The maximum Gasteiger partial charge on any atom is 0.296 e. The summed E-state index contributed by atoms with van der Waals surface area (Å²) in [6, 6.07) is 14.1. The Morgan fingerprint density at radius 1 is 1.10 bits per heavy atom. The molecule has 0 radical (unpaired) electrons. The van der Waals surface area contributed by atoms with Crippen LogP contribution < -0.4 is 16.4 Å². The molecule has 3 rings (SSSR count). The summed E-state index contributed by atoms with van der Waals surface area (Å²) in [5, 5.41) is 2.00. The standard InChI is InChI=1S/C16H13N3O2/c1-10-6-2-3-7-11(10)16(21)19(17)14-12-8-4-5-9-13(12)18-15(14)20/h2-9H,17H2,1H3. The first-order valence-electron chi connectivity index (χ1n) is 6.47. The largest absolute Gasteiger partial charge is 0.296 e. The van der Waals surface area contributed by atoms with Gasteiger partial charge in [0.15, 0.2) is 0 Å². The number of para-hydroxylation sites is 1. The van der Waals surface area contributed by atoms with Crippen molar-refractivity contribution in [1.82, 2.24) is 5.01 Å². The highest BCUT2D eigenvalue weighted by Crippen LogP contribution is 2.13. The van der Waals surface area contributed by atoms with Gasteiger partial charge in [0, 0.05) is 10.8 Å². The van der Waals surface area contributed by atoms with Crippen molar-refractivity contribution >= 4 is 17.5 Å². The Morgan fingerprint density at radius 2 is 1.76 bits per heavy atom. The molecule has 2 aromatic carbocycles. The minimum atomic E-state index is -0.499. The molecule has 2 N–H and O–H groups in total. The van der Waals surface area contributed by atoms with Gasteiger partial charge in [0.1, 0.15) is 5.70 Å². The second-order valence-electron chi connectivity index (χ2n) is 4.77. The molecule has 0 bridgehead atoms. The number of aryl methyl sites for hydroxylation is 1. The highest BCUT2D eigenvalue weighted by molar-refractivity contribution is 6.19. The third kappa shape index (κ3) is 2.13. The van der Waals surface area contributed by atoms with Crippen molar-refractivity contribution in [1.29, 1.82) is 0 Å².